The Bertz CT molecular complexity index is 628. The van der Waals surface area contributed by atoms with Crippen LogP contribution in [0.2, 0.25) is 0 Å². The van der Waals surface area contributed by atoms with Crippen molar-refractivity contribution in [2.24, 2.45) is 11.8 Å². The van der Waals surface area contributed by atoms with Crippen LogP contribution in [0.25, 0.3) is 0 Å². The van der Waals surface area contributed by atoms with Gasteiger partial charge in [-0.15, -0.1) is 12.3 Å². The number of aldehydes is 1. The van der Waals surface area contributed by atoms with Crippen LogP contribution in [0, 0.1) is 24.2 Å². The minimum Gasteiger partial charge on any atom is -0.444 e. The predicted octanol–water partition coefficient (Wildman–Crippen LogP) is 5.46. The summed E-state index contributed by atoms with van der Waals surface area (Å²) in [4.78, 5) is 33.3. The molecule has 0 radical (unpaired) electrons. The molecule has 0 aromatic rings. The summed E-state index contributed by atoms with van der Waals surface area (Å²) in [5, 5.41) is 5.62. The van der Waals surface area contributed by atoms with Gasteiger partial charge in [0.25, 0.3) is 0 Å². The van der Waals surface area contributed by atoms with E-state index in [-0.39, 0.29) is 45.0 Å². The highest BCUT2D eigenvalue weighted by Gasteiger charge is 2.27. The number of rotatable bonds is 3. The maximum Gasteiger partial charge on any atom is 0.407 e. The zero-order valence-electron chi connectivity index (χ0n) is 19.2. The number of nitrogens with one attached hydrogen (secondary N) is 2. The molecule has 7 heteroatoms. The number of alkyl carbamates (subject to hydrolysis) is 2. The Labute approximate surface area is 195 Å². The maximum absolute atomic E-state index is 11.4. The fourth-order valence-electron chi connectivity index (χ4n) is 3.48. The van der Waals surface area contributed by atoms with Gasteiger partial charge in [-0.25, -0.2) is 9.59 Å². The topological polar surface area (TPSA) is 93.7 Å². The fourth-order valence-corrected chi connectivity index (χ4v) is 3.48. The van der Waals surface area contributed by atoms with Gasteiger partial charge in [-0.3, -0.25) is 0 Å². The average Bonchev–Trinajstić information content (AvgIpc) is 3.20. The van der Waals surface area contributed by atoms with Gasteiger partial charge in [-0.05, 0) is 80.1 Å². The van der Waals surface area contributed by atoms with Crippen molar-refractivity contribution in [3.05, 3.63) is 0 Å². The van der Waals surface area contributed by atoms with E-state index in [1.807, 2.05) is 41.5 Å². The Morgan fingerprint density at radius 3 is 1.62 bits per heavy atom. The molecular weight excluding hydrogens is 408 g/mol. The van der Waals surface area contributed by atoms with Crippen LogP contribution in [0.1, 0.15) is 94.9 Å². The second kappa shape index (κ2) is 14.0. The molecule has 32 heavy (non-hydrogen) atoms. The summed E-state index contributed by atoms with van der Waals surface area (Å²) < 4.78 is 10.3. The molecular formula is C25H46N2O5. The highest BCUT2D eigenvalue weighted by Crippen LogP contribution is 2.25. The third kappa shape index (κ3) is 14.0. The van der Waals surface area contributed by atoms with Crippen LogP contribution < -0.4 is 10.6 Å². The van der Waals surface area contributed by atoms with Crippen LogP contribution in [0.3, 0.4) is 0 Å². The lowest BCUT2D eigenvalue weighted by Crippen LogP contribution is -2.37. The first-order valence-corrected chi connectivity index (χ1v) is 10.7. The van der Waals surface area contributed by atoms with E-state index in [2.05, 4.69) is 16.6 Å². The third-order valence-corrected chi connectivity index (χ3v) is 4.78. The molecule has 0 heterocycles. The summed E-state index contributed by atoms with van der Waals surface area (Å²) in [6.07, 6.45) is 10.9. The predicted molar refractivity (Wildman–Crippen MR) is 129 cm³/mol. The van der Waals surface area contributed by atoms with Gasteiger partial charge in [-0.2, -0.15) is 0 Å². The number of hydrogen-bond donors (Lipinski definition) is 2. The van der Waals surface area contributed by atoms with Gasteiger partial charge in [0, 0.05) is 23.9 Å². The first kappa shape index (κ1) is 32.0. The van der Waals surface area contributed by atoms with Crippen LogP contribution >= 0.6 is 0 Å². The molecule has 0 saturated heterocycles. The van der Waals surface area contributed by atoms with Gasteiger partial charge < -0.3 is 24.9 Å². The van der Waals surface area contributed by atoms with Crippen LogP contribution in [0.15, 0.2) is 0 Å². The lowest BCUT2D eigenvalue weighted by atomic mass is 10.1. The van der Waals surface area contributed by atoms with E-state index in [0.717, 1.165) is 44.8 Å². The summed E-state index contributed by atoms with van der Waals surface area (Å²) in [6, 6.07) is 0.274. The monoisotopic (exact) mass is 454 g/mol. The molecule has 0 bridgehead atoms. The molecule has 0 spiro atoms. The molecule has 2 fully saturated rings. The van der Waals surface area contributed by atoms with Gasteiger partial charge in [0.05, 0.1) is 0 Å². The van der Waals surface area contributed by atoms with Crippen molar-refractivity contribution >= 4 is 18.5 Å². The lowest BCUT2D eigenvalue weighted by molar-refractivity contribution is -0.110. The first-order chi connectivity index (χ1) is 13.8. The van der Waals surface area contributed by atoms with Crippen LogP contribution in [0.5, 0.6) is 0 Å². The molecule has 4 atom stereocenters. The van der Waals surface area contributed by atoms with Crippen molar-refractivity contribution in [3.63, 3.8) is 0 Å². The standard InChI is InChI=1S/C12H19NO2.C11H19NO3.2CH4/c1-5-9-6-7-10(8-9)13-11(14)15-12(2,3)4;1-11(2,3)15-10(14)12-9-5-4-8(6-9)7-13;;/h1,9-10H,6-8H2,2-4H3,(H,13,14);7-9H,4-6H2,1-3H3,(H,12,14);2*1H4/t9-,10+;8-,9+;;/m11../s1. The summed E-state index contributed by atoms with van der Waals surface area (Å²) in [5.74, 6) is 3.14. The molecule has 2 rings (SSSR count). The van der Waals surface area contributed by atoms with E-state index in [0.29, 0.717) is 5.92 Å². The number of carbonyl (C=O) groups is 3. The molecule has 7 nitrogen and oxygen atoms in total. The summed E-state index contributed by atoms with van der Waals surface area (Å²) in [5.41, 5.74) is -0.902. The molecule has 0 unspecified atom stereocenters. The second-order valence-electron chi connectivity index (χ2n) is 10.1. The Morgan fingerprint density at radius 1 is 0.844 bits per heavy atom. The van der Waals surface area contributed by atoms with Crippen LogP contribution in [-0.4, -0.2) is 41.8 Å². The zero-order chi connectivity index (χ0) is 22.9. The van der Waals surface area contributed by atoms with Gasteiger partial charge in [0.2, 0.25) is 0 Å². The summed E-state index contributed by atoms with van der Waals surface area (Å²) >= 11 is 0. The Kier molecular flexibility index (Phi) is 14.0. The van der Waals surface area contributed by atoms with Crippen molar-refractivity contribution in [3.8, 4) is 12.3 Å². The molecule has 0 aromatic carbocycles. The van der Waals surface area contributed by atoms with E-state index in [1.165, 1.54) is 0 Å². The molecule has 0 aromatic heterocycles. The van der Waals surface area contributed by atoms with Gasteiger partial charge >= 0.3 is 12.2 Å². The highest BCUT2D eigenvalue weighted by atomic mass is 16.6. The lowest BCUT2D eigenvalue weighted by Gasteiger charge is -2.21. The van der Waals surface area contributed by atoms with Crippen LogP contribution in [-0.2, 0) is 14.3 Å². The summed E-state index contributed by atoms with van der Waals surface area (Å²) in [6.45, 7) is 11.0. The first-order valence-electron chi connectivity index (χ1n) is 10.7. The van der Waals surface area contributed by atoms with E-state index >= 15 is 0 Å². The zero-order valence-corrected chi connectivity index (χ0v) is 19.2. The molecule has 186 valence electrons. The van der Waals surface area contributed by atoms with E-state index in [1.54, 1.807) is 0 Å². The average molecular weight is 455 g/mol. The largest absolute Gasteiger partial charge is 0.444 e. The molecule has 2 saturated carbocycles. The van der Waals surface area contributed by atoms with Crippen molar-refractivity contribution in [1.29, 1.82) is 0 Å². The van der Waals surface area contributed by atoms with Gasteiger partial charge in [0.15, 0.2) is 0 Å². The van der Waals surface area contributed by atoms with Gasteiger partial charge in [-0.1, -0.05) is 14.9 Å². The summed E-state index contributed by atoms with van der Waals surface area (Å²) in [7, 11) is 0. The number of hydrogen-bond acceptors (Lipinski definition) is 5. The van der Waals surface area contributed by atoms with Crippen LogP contribution in [0.4, 0.5) is 9.59 Å². The Morgan fingerprint density at radius 2 is 1.28 bits per heavy atom. The number of carbonyl (C=O) groups excluding carboxylic acids is 3. The van der Waals surface area contributed by atoms with E-state index in [4.69, 9.17) is 15.9 Å². The van der Waals surface area contributed by atoms with E-state index < -0.39 is 11.2 Å². The smallest absolute Gasteiger partial charge is 0.407 e. The van der Waals surface area contributed by atoms with Crippen molar-refractivity contribution in [2.75, 3.05) is 0 Å². The number of terminal acetylenes is 1. The molecule has 0 aliphatic heterocycles. The highest BCUT2D eigenvalue weighted by molar-refractivity contribution is 5.68. The second-order valence-corrected chi connectivity index (χ2v) is 10.1. The molecule has 2 aliphatic carbocycles. The van der Waals surface area contributed by atoms with E-state index in [9.17, 15) is 14.4 Å². The molecule has 2 N–H and O–H groups in total. The minimum absolute atomic E-state index is 0. The van der Waals surface area contributed by atoms with Crippen molar-refractivity contribution < 1.29 is 23.9 Å². The van der Waals surface area contributed by atoms with Crippen molar-refractivity contribution in [1.82, 2.24) is 10.6 Å². The fraction of sp³-hybridized carbons (Fsp3) is 0.800. The SMILES string of the molecule is C.C.C#C[C@@H]1CC[C@H](NC(=O)OC(C)(C)C)C1.CC(C)(C)OC(=O)N[C@H]1CC[C@@H](C=O)C1. The third-order valence-electron chi connectivity index (χ3n) is 4.78. The quantitative estimate of drug-likeness (QED) is 0.436. The normalized spacial score (nSPS) is 24.3. The number of amides is 2. The Hall–Kier alpha value is -2.23. The Balaban J connectivity index is 0. The molecule has 2 amide bonds. The molecule has 2 aliphatic rings. The maximum atomic E-state index is 11.4. The van der Waals surface area contributed by atoms with Crippen molar-refractivity contribution in [2.45, 2.75) is 118 Å². The van der Waals surface area contributed by atoms with Gasteiger partial charge in [0.1, 0.15) is 17.5 Å². The number of ether oxygens (including phenoxy) is 2. The minimum atomic E-state index is -0.466.